The van der Waals surface area contributed by atoms with E-state index in [1.807, 2.05) is 6.07 Å². The van der Waals surface area contributed by atoms with Gasteiger partial charge < -0.3 is 14.4 Å². The van der Waals surface area contributed by atoms with Crippen LogP contribution in [0.1, 0.15) is 28.4 Å². The molecule has 0 aliphatic carbocycles. The number of carbonyl (C=O) groups is 1. The van der Waals surface area contributed by atoms with Crippen molar-refractivity contribution in [1.82, 2.24) is 14.3 Å². The Morgan fingerprint density at radius 2 is 2.17 bits per heavy atom. The molecular formula is C18H16FN3O2. The predicted octanol–water partition coefficient (Wildman–Crippen LogP) is 2.42. The van der Waals surface area contributed by atoms with Gasteiger partial charge in [-0.3, -0.25) is 4.79 Å². The van der Waals surface area contributed by atoms with Gasteiger partial charge in [0.15, 0.2) is 0 Å². The third-order valence-corrected chi connectivity index (χ3v) is 4.43. The van der Waals surface area contributed by atoms with E-state index in [0.29, 0.717) is 17.5 Å². The lowest BCUT2D eigenvalue weighted by atomic mass is 10.0. The molecule has 5 nitrogen and oxygen atoms in total. The molecule has 1 aromatic carbocycles. The number of fused-ring (bicyclic) bond motifs is 1. The maximum absolute atomic E-state index is 13.5. The third kappa shape index (κ3) is 2.55. The molecule has 2 aromatic heterocycles. The predicted molar refractivity (Wildman–Crippen MR) is 86.0 cm³/mol. The summed E-state index contributed by atoms with van der Waals surface area (Å²) in [6, 6.07) is 9.43. The molecule has 0 saturated carbocycles. The van der Waals surface area contributed by atoms with Gasteiger partial charge in [-0.05, 0) is 36.2 Å². The molecule has 6 heteroatoms. The minimum absolute atomic E-state index is 0.184. The van der Waals surface area contributed by atoms with E-state index < -0.39 is 6.10 Å². The molecule has 2 atom stereocenters. The van der Waals surface area contributed by atoms with Crippen LogP contribution in [0.3, 0.4) is 0 Å². The molecule has 1 saturated heterocycles. The number of hydrogen-bond acceptors (Lipinski definition) is 3. The molecule has 3 heterocycles. The summed E-state index contributed by atoms with van der Waals surface area (Å²) < 4.78 is 15.3. The second kappa shape index (κ2) is 5.72. The Morgan fingerprint density at radius 1 is 1.29 bits per heavy atom. The van der Waals surface area contributed by atoms with Crippen molar-refractivity contribution in [3.05, 3.63) is 72.1 Å². The number of halogens is 1. The topological polar surface area (TPSA) is 57.8 Å². The number of β-amino-alcohol motifs (C(OH)–C–C–N with tert-alkyl or cyclic N) is 1. The molecule has 1 fully saturated rings. The van der Waals surface area contributed by atoms with Crippen molar-refractivity contribution in [2.24, 2.45) is 0 Å². The number of aromatic nitrogens is 2. The van der Waals surface area contributed by atoms with E-state index in [1.165, 1.54) is 12.1 Å². The van der Waals surface area contributed by atoms with Gasteiger partial charge >= 0.3 is 0 Å². The van der Waals surface area contributed by atoms with Crippen molar-refractivity contribution in [1.29, 1.82) is 0 Å². The zero-order chi connectivity index (χ0) is 16.7. The summed E-state index contributed by atoms with van der Waals surface area (Å²) >= 11 is 0. The van der Waals surface area contributed by atoms with E-state index in [2.05, 4.69) is 4.98 Å². The number of amides is 1. The Morgan fingerprint density at radius 3 is 3.00 bits per heavy atom. The minimum atomic E-state index is -0.612. The molecular weight excluding hydrogens is 309 g/mol. The summed E-state index contributed by atoms with van der Waals surface area (Å²) in [5.74, 6) is -0.530. The maximum atomic E-state index is 13.5. The molecule has 1 aliphatic rings. The van der Waals surface area contributed by atoms with E-state index >= 15 is 0 Å². The zero-order valence-electron chi connectivity index (χ0n) is 12.8. The first-order valence-corrected chi connectivity index (χ1v) is 7.78. The highest BCUT2D eigenvalue weighted by Gasteiger charge is 2.36. The third-order valence-electron chi connectivity index (χ3n) is 4.43. The SMILES string of the molecule is O=C(c1ccc2cncn2c1)N1C[C@@H](O)C[C@H]1c1cccc(F)c1. The highest BCUT2D eigenvalue weighted by atomic mass is 19.1. The Kier molecular flexibility index (Phi) is 3.54. The highest BCUT2D eigenvalue weighted by molar-refractivity contribution is 5.94. The summed E-state index contributed by atoms with van der Waals surface area (Å²) in [5, 5.41) is 10.0. The lowest BCUT2D eigenvalue weighted by Gasteiger charge is -2.25. The normalized spacial score (nSPS) is 20.7. The van der Waals surface area contributed by atoms with Crippen molar-refractivity contribution in [2.45, 2.75) is 18.6 Å². The second-order valence-electron chi connectivity index (χ2n) is 6.06. The highest BCUT2D eigenvalue weighted by Crippen LogP contribution is 2.33. The van der Waals surface area contributed by atoms with E-state index in [4.69, 9.17) is 0 Å². The number of pyridine rings is 1. The van der Waals surface area contributed by atoms with Crippen LogP contribution in [-0.2, 0) is 0 Å². The van der Waals surface area contributed by atoms with E-state index in [1.54, 1.807) is 46.2 Å². The molecule has 122 valence electrons. The molecule has 24 heavy (non-hydrogen) atoms. The number of carbonyl (C=O) groups excluding carboxylic acids is 1. The molecule has 1 N–H and O–H groups in total. The first-order chi connectivity index (χ1) is 11.6. The van der Waals surface area contributed by atoms with Crippen LogP contribution in [0.15, 0.2) is 55.1 Å². The average Bonchev–Trinajstić information content (AvgIpc) is 3.19. The number of aliphatic hydroxyl groups excluding tert-OH is 1. The fourth-order valence-corrected chi connectivity index (χ4v) is 3.28. The van der Waals surface area contributed by atoms with Gasteiger partial charge in [0.1, 0.15) is 5.82 Å². The van der Waals surface area contributed by atoms with Gasteiger partial charge in [-0.25, -0.2) is 9.37 Å². The van der Waals surface area contributed by atoms with Crippen LogP contribution in [0.25, 0.3) is 5.52 Å². The summed E-state index contributed by atoms with van der Waals surface area (Å²) in [4.78, 5) is 18.6. The van der Waals surface area contributed by atoms with E-state index in [0.717, 1.165) is 5.52 Å². The molecule has 1 amide bonds. The van der Waals surface area contributed by atoms with Crippen LogP contribution >= 0.6 is 0 Å². The van der Waals surface area contributed by atoms with Gasteiger partial charge in [0.2, 0.25) is 0 Å². The molecule has 3 aromatic rings. The quantitative estimate of drug-likeness (QED) is 0.787. The standard InChI is InChI=1S/C18H16FN3O2/c19-14-3-1-2-12(6-14)17-7-16(23)10-22(17)18(24)13-4-5-15-8-20-11-21(15)9-13/h1-6,8-9,11,16-17,23H,7,10H2/t16-,17-/m0/s1. The zero-order valence-corrected chi connectivity index (χ0v) is 12.8. The summed E-state index contributed by atoms with van der Waals surface area (Å²) in [5.41, 5.74) is 2.11. The molecule has 0 radical (unpaired) electrons. The lowest BCUT2D eigenvalue weighted by Crippen LogP contribution is -2.32. The van der Waals surface area contributed by atoms with Gasteiger partial charge in [0.25, 0.3) is 5.91 Å². The van der Waals surface area contributed by atoms with Crippen molar-refractivity contribution in [3.8, 4) is 0 Å². The van der Waals surface area contributed by atoms with Crippen LogP contribution in [-0.4, -0.2) is 37.9 Å². The fourth-order valence-electron chi connectivity index (χ4n) is 3.28. The van der Waals surface area contributed by atoms with Gasteiger partial charge in [-0.15, -0.1) is 0 Å². The first-order valence-electron chi connectivity index (χ1n) is 7.78. The van der Waals surface area contributed by atoms with Gasteiger partial charge in [-0.1, -0.05) is 12.1 Å². The number of likely N-dealkylation sites (tertiary alicyclic amines) is 1. The Labute approximate surface area is 138 Å². The van der Waals surface area contributed by atoms with Gasteiger partial charge in [0.05, 0.1) is 35.8 Å². The largest absolute Gasteiger partial charge is 0.391 e. The lowest BCUT2D eigenvalue weighted by molar-refractivity contribution is 0.0715. The minimum Gasteiger partial charge on any atom is -0.391 e. The Balaban J connectivity index is 1.68. The van der Waals surface area contributed by atoms with Crippen molar-refractivity contribution in [2.75, 3.05) is 6.54 Å². The van der Waals surface area contributed by atoms with Crippen LogP contribution in [0.4, 0.5) is 4.39 Å². The average molecular weight is 325 g/mol. The van der Waals surface area contributed by atoms with E-state index in [9.17, 15) is 14.3 Å². The number of benzene rings is 1. The number of rotatable bonds is 2. The van der Waals surface area contributed by atoms with Crippen LogP contribution < -0.4 is 0 Å². The first kappa shape index (κ1) is 14.8. The number of imidazole rings is 1. The fraction of sp³-hybridized carbons (Fsp3) is 0.222. The maximum Gasteiger partial charge on any atom is 0.255 e. The van der Waals surface area contributed by atoms with Crippen molar-refractivity contribution in [3.63, 3.8) is 0 Å². The van der Waals surface area contributed by atoms with E-state index in [-0.39, 0.29) is 24.3 Å². The van der Waals surface area contributed by atoms with Crippen LogP contribution in [0.2, 0.25) is 0 Å². The van der Waals surface area contributed by atoms with Crippen molar-refractivity contribution >= 4 is 11.4 Å². The van der Waals surface area contributed by atoms with Gasteiger partial charge in [0, 0.05) is 12.7 Å². The summed E-state index contributed by atoms with van der Waals surface area (Å²) in [7, 11) is 0. The molecule has 0 spiro atoms. The summed E-state index contributed by atoms with van der Waals surface area (Å²) in [6.07, 6.45) is 4.86. The molecule has 0 bridgehead atoms. The second-order valence-corrected chi connectivity index (χ2v) is 6.06. The monoisotopic (exact) mass is 325 g/mol. The smallest absolute Gasteiger partial charge is 0.255 e. The number of nitrogens with zero attached hydrogens (tertiary/aromatic N) is 3. The molecule has 1 aliphatic heterocycles. The number of aliphatic hydroxyl groups is 1. The van der Waals surface area contributed by atoms with Crippen LogP contribution in [0, 0.1) is 5.82 Å². The van der Waals surface area contributed by atoms with Crippen LogP contribution in [0.5, 0.6) is 0 Å². The van der Waals surface area contributed by atoms with Crippen molar-refractivity contribution < 1.29 is 14.3 Å². The molecule has 4 rings (SSSR count). The summed E-state index contributed by atoms with van der Waals surface area (Å²) in [6.45, 7) is 0.238. The Bertz CT molecular complexity index is 908. The Hall–Kier alpha value is -2.73. The number of hydrogen-bond donors (Lipinski definition) is 1. The van der Waals surface area contributed by atoms with Gasteiger partial charge in [-0.2, -0.15) is 0 Å². The molecule has 0 unspecified atom stereocenters.